The fourth-order valence-corrected chi connectivity index (χ4v) is 4.18. The Bertz CT molecular complexity index is 1540. The first-order valence-electron chi connectivity index (χ1n) is 10.6. The Morgan fingerprint density at radius 3 is 2.15 bits per heavy atom. The molecule has 4 aromatic carbocycles. The summed E-state index contributed by atoms with van der Waals surface area (Å²) in [6, 6.07) is 26.4. The largest absolute Gasteiger partial charge is 0.496 e. The lowest BCUT2D eigenvalue weighted by molar-refractivity contribution is -0.121. The van der Waals surface area contributed by atoms with E-state index < -0.39 is 0 Å². The van der Waals surface area contributed by atoms with E-state index >= 15 is 0 Å². The second-order valence-electron chi connectivity index (χ2n) is 7.65. The van der Waals surface area contributed by atoms with Crippen LogP contribution in [0, 0.1) is 0 Å². The van der Waals surface area contributed by atoms with Gasteiger partial charge in [-0.1, -0.05) is 54.6 Å². The number of hydrazone groups is 1. The molecule has 0 radical (unpaired) electrons. The molecule has 1 N–H and O–H groups in total. The third kappa shape index (κ3) is 3.72. The molecule has 1 aromatic heterocycles. The van der Waals surface area contributed by atoms with E-state index in [1.807, 2.05) is 77.4 Å². The van der Waals surface area contributed by atoms with Crippen LogP contribution in [-0.4, -0.2) is 23.8 Å². The molecule has 6 nitrogen and oxygen atoms in total. The third-order valence-corrected chi connectivity index (χ3v) is 5.71. The van der Waals surface area contributed by atoms with E-state index in [-0.39, 0.29) is 17.9 Å². The van der Waals surface area contributed by atoms with E-state index in [0.29, 0.717) is 27.6 Å². The van der Waals surface area contributed by atoms with Crippen molar-refractivity contribution in [2.45, 2.75) is 6.54 Å². The number of hydrogen-bond acceptors (Lipinski definition) is 4. The first-order valence-corrected chi connectivity index (χ1v) is 10.6. The van der Waals surface area contributed by atoms with Crippen molar-refractivity contribution in [3.05, 3.63) is 101 Å². The molecule has 0 saturated carbocycles. The smallest absolute Gasteiger partial charge is 0.260 e. The van der Waals surface area contributed by atoms with Crippen molar-refractivity contribution < 1.29 is 9.53 Å². The first-order chi connectivity index (χ1) is 16.2. The summed E-state index contributed by atoms with van der Waals surface area (Å²) in [6.07, 6.45) is 1.60. The van der Waals surface area contributed by atoms with Crippen molar-refractivity contribution in [2.24, 2.45) is 5.10 Å². The molecular formula is C27H21N3O3. The number of amides is 1. The van der Waals surface area contributed by atoms with Crippen LogP contribution in [0.5, 0.6) is 5.75 Å². The van der Waals surface area contributed by atoms with Gasteiger partial charge in [0, 0.05) is 16.3 Å². The van der Waals surface area contributed by atoms with Crippen LogP contribution in [0.2, 0.25) is 0 Å². The van der Waals surface area contributed by atoms with Gasteiger partial charge >= 0.3 is 0 Å². The van der Waals surface area contributed by atoms with Crippen molar-refractivity contribution in [3.8, 4) is 5.75 Å². The highest BCUT2D eigenvalue weighted by Crippen LogP contribution is 2.26. The predicted molar refractivity (Wildman–Crippen MR) is 132 cm³/mol. The number of rotatable bonds is 5. The van der Waals surface area contributed by atoms with Crippen molar-refractivity contribution >= 4 is 44.7 Å². The Morgan fingerprint density at radius 1 is 0.879 bits per heavy atom. The summed E-state index contributed by atoms with van der Waals surface area (Å²) in [5.41, 5.74) is 4.77. The monoisotopic (exact) mass is 435 g/mol. The molecule has 0 atom stereocenters. The number of carbonyl (C=O) groups is 1. The second kappa shape index (κ2) is 8.59. The molecule has 0 saturated heterocycles. The number of carbonyl (C=O) groups excluding carboxylic acids is 1. The lowest BCUT2D eigenvalue weighted by Gasteiger charge is -2.14. The average molecular weight is 435 g/mol. The molecule has 0 unspecified atom stereocenters. The van der Waals surface area contributed by atoms with E-state index in [1.165, 1.54) is 0 Å². The van der Waals surface area contributed by atoms with Crippen molar-refractivity contribution in [2.75, 3.05) is 7.11 Å². The SMILES string of the molecule is COc1ccc2ccccc2c1/C=N/NC(=O)Cn1c2ccccc2c(=O)c2ccccc21. The Hall–Kier alpha value is -4.45. The Balaban J connectivity index is 1.47. The van der Waals surface area contributed by atoms with E-state index in [9.17, 15) is 9.59 Å². The van der Waals surface area contributed by atoms with Crippen LogP contribution in [0.4, 0.5) is 0 Å². The number of nitrogens with zero attached hydrogens (tertiary/aromatic N) is 2. The second-order valence-corrected chi connectivity index (χ2v) is 7.65. The maximum atomic E-state index is 12.9. The first kappa shape index (κ1) is 20.5. The van der Waals surface area contributed by atoms with Crippen molar-refractivity contribution in [1.82, 2.24) is 9.99 Å². The molecule has 1 heterocycles. The number of ether oxygens (including phenoxy) is 1. The Morgan fingerprint density at radius 2 is 1.48 bits per heavy atom. The summed E-state index contributed by atoms with van der Waals surface area (Å²) in [7, 11) is 1.60. The molecule has 5 rings (SSSR count). The minimum atomic E-state index is -0.301. The van der Waals surface area contributed by atoms with Crippen LogP contribution in [0.25, 0.3) is 32.6 Å². The van der Waals surface area contributed by atoms with E-state index in [4.69, 9.17) is 4.74 Å². The molecule has 0 spiro atoms. The van der Waals surface area contributed by atoms with Gasteiger partial charge in [0.05, 0.1) is 24.4 Å². The molecule has 6 heteroatoms. The number of para-hydroxylation sites is 2. The van der Waals surface area contributed by atoms with Gasteiger partial charge in [0.2, 0.25) is 0 Å². The summed E-state index contributed by atoms with van der Waals surface area (Å²) in [5, 5.41) is 7.38. The van der Waals surface area contributed by atoms with E-state index in [1.54, 1.807) is 25.5 Å². The number of pyridine rings is 1. The topological polar surface area (TPSA) is 72.7 Å². The maximum Gasteiger partial charge on any atom is 0.260 e. The molecular weight excluding hydrogens is 414 g/mol. The predicted octanol–water partition coefficient (Wildman–Crippen LogP) is 4.47. The molecule has 0 fully saturated rings. The maximum absolute atomic E-state index is 12.9. The molecule has 162 valence electrons. The van der Waals surface area contributed by atoms with Gasteiger partial charge in [-0.25, -0.2) is 5.43 Å². The van der Waals surface area contributed by atoms with Crippen molar-refractivity contribution in [3.63, 3.8) is 0 Å². The van der Waals surface area contributed by atoms with Gasteiger partial charge in [-0.15, -0.1) is 0 Å². The standard InChI is InChI=1S/C27H21N3O3/c1-33-25-15-14-18-8-2-3-9-19(18)22(25)16-28-29-26(31)17-30-23-12-6-4-10-20(23)27(32)21-11-5-7-13-24(21)30/h2-16H,17H2,1H3,(H,29,31)/b28-16+. The number of benzene rings is 4. The molecule has 5 aromatic rings. The minimum Gasteiger partial charge on any atom is -0.496 e. The number of hydrogen-bond donors (Lipinski definition) is 1. The summed E-state index contributed by atoms with van der Waals surface area (Å²) in [5.74, 6) is 0.369. The van der Waals surface area contributed by atoms with Gasteiger partial charge in [-0.3, -0.25) is 9.59 Å². The van der Waals surface area contributed by atoms with Gasteiger partial charge in [0.1, 0.15) is 12.3 Å². The highest BCUT2D eigenvalue weighted by atomic mass is 16.5. The molecule has 33 heavy (non-hydrogen) atoms. The summed E-state index contributed by atoms with van der Waals surface area (Å²) < 4.78 is 7.32. The molecule has 0 bridgehead atoms. The van der Waals surface area contributed by atoms with Gasteiger partial charge in [-0.2, -0.15) is 5.10 Å². The van der Waals surface area contributed by atoms with Crippen LogP contribution in [0.3, 0.4) is 0 Å². The molecule has 0 aliphatic heterocycles. The van der Waals surface area contributed by atoms with Gasteiger partial charge in [0.15, 0.2) is 5.43 Å². The lowest BCUT2D eigenvalue weighted by Crippen LogP contribution is -2.25. The van der Waals surface area contributed by atoms with Gasteiger partial charge in [-0.05, 0) is 41.1 Å². The Kier molecular flexibility index (Phi) is 5.32. The highest BCUT2D eigenvalue weighted by Gasteiger charge is 2.13. The minimum absolute atomic E-state index is 0.0192. The summed E-state index contributed by atoms with van der Waals surface area (Å²) in [4.78, 5) is 25.7. The summed E-state index contributed by atoms with van der Waals surface area (Å²) >= 11 is 0. The zero-order chi connectivity index (χ0) is 22.8. The van der Waals surface area contributed by atoms with E-state index in [2.05, 4.69) is 10.5 Å². The van der Waals surface area contributed by atoms with Gasteiger partial charge in [0.25, 0.3) is 5.91 Å². The molecule has 0 aliphatic rings. The van der Waals surface area contributed by atoms with Crippen LogP contribution >= 0.6 is 0 Å². The third-order valence-electron chi connectivity index (χ3n) is 5.71. The number of fused-ring (bicyclic) bond motifs is 3. The van der Waals surface area contributed by atoms with Crippen molar-refractivity contribution in [1.29, 1.82) is 0 Å². The van der Waals surface area contributed by atoms with Crippen LogP contribution < -0.4 is 15.6 Å². The van der Waals surface area contributed by atoms with E-state index in [0.717, 1.165) is 16.3 Å². The lowest BCUT2D eigenvalue weighted by atomic mass is 10.0. The highest BCUT2D eigenvalue weighted by molar-refractivity contribution is 6.02. The normalized spacial score (nSPS) is 11.4. The Labute approximate surface area is 189 Å². The van der Waals surface area contributed by atoms with Gasteiger partial charge < -0.3 is 9.30 Å². The number of aromatic nitrogens is 1. The fraction of sp³-hybridized carbons (Fsp3) is 0.0741. The zero-order valence-corrected chi connectivity index (χ0v) is 18.0. The molecule has 0 aliphatic carbocycles. The number of methoxy groups -OCH3 is 1. The number of nitrogens with one attached hydrogen (secondary N) is 1. The fourth-order valence-electron chi connectivity index (χ4n) is 4.18. The van der Waals surface area contributed by atoms with Crippen LogP contribution in [0.15, 0.2) is 94.8 Å². The van der Waals surface area contributed by atoms with Crippen LogP contribution in [0.1, 0.15) is 5.56 Å². The summed E-state index contributed by atoms with van der Waals surface area (Å²) in [6.45, 7) is 0.0192. The molecule has 1 amide bonds. The van der Waals surface area contributed by atoms with Crippen LogP contribution in [-0.2, 0) is 11.3 Å². The zero-order valence-electron chi connectivity index (χ0n) is 18.0. The average Bonchev–Trinajstić information content (AvgIpc) is 2.86. The quantitative estimate of drug-likeness (QED) is 0.252.